The highest BCUT2D eigenvalue weighted by atomic mass is 16.5. The molecule has 6 nitrogen and oxygen atoms in total. The first-order valence-corrected chi connectivity index (χ1v) is 8.97. The molecule has 0 aliphatic carbocycles. The number of carboxylic acids is 1. The van der Waals surface area contributed by atoms with Crippen molar-refractivity contribution in [1.29, 1.82) is 0 Å². The molecule has 3 rings (SSSR count). The lowest BCUT2D eigenvalue weighted by Gasteiger charge is -2.15. The molecule has 0 saturated heterocycles. The van der Waals surface area contributed by atoms with E-state index in [0.29, 0.717) is 12.2 Å². The Balaban J connectivity index is 1.63. The minimum atomic E-state index is -1.09. The molecular weight excluding hydrogens is 356 g/mol. The van der Waals surface area contributed by atoms with Crippen LogP contribution >= 0.6 is 0 Å². The third-order valence-electron chi connectivity index (χ3n) is 4.43. The molecule has 0 fully saturated rings. The van der Waals surface area contributed by atoms with E-state index < -0.39 is 17.9 Å². The second-order valence-corrected chi connectivity index (χ2v) is 6.41. The molecule has 0 saturated carbocycles. The SMILES string of the molecule is C=CCc1ccccc1OCC(=O)NC(Cc1c[nH]c2ccccc12)C(=O)O. The van der Waals surface area contributed by atoms with Crippen molar-refractivity contribution in [1.82, 2.24) is 10.3 Å². The maximum atomic E-state index is 12.3. The summed E-state index contributed by atoms with van der Waals surface area (Å²) in [5.41, 5.74) is 2.68. The number of hydrogen-bond acceptors (Lipinski definition) is 3. The number of amides is 1. The second-order valence-electron chi connectivity index (χ2n) is 6.41. The molecule has 144 valence electrons. The largest absolute Gasteiger partial charge is 0.483 e. The van der Waals surface area contributed by atoms with E-state index >= 15 is 0 Å². The zero-order chi connectivity index (χ0) is 19.9. The van der Waals surface area contributed by atoms with Gasteiger partial charge >= 0.3 is 5.97 Å². The highest BCUT2D eigenvalue weighted by Gasteiger charge is 2.22. The minimum absolute atomic E-state index is 0.179. The lowest BCUT2D eigenvalue weighted by Crippen LogP contribution is -2.44. The molecule has 1 amide bonds. The maximum absolute atomic E-state index is 12.3. The molecule has 0 spiro atoms. The van der Waals surface area contributed by atoms with Gasteiger partial charge in [-0.1, -0.05) is 42.5 Å². The monoisotopic (exact) mass is 378 g/mol. The molecule has 1 aromatic heterocycles. The average molecular weight is 378 g/mol. The van der Waals surface area contributed by atoms with Gasteiger partial charge in [-0.05, 0) is 29.7 Å². The number of carbonyl (C=O) groups is 2. The number of H-pyrrole nitrogens is 1. The molecule has 1 unspecified atom stereocenters. The van der Waals surface area contributed by atoms with E-state index in [1.807, 2.05) is 42.5 Å². The van der Waals surface area contributed by atoms with Crippen LogP contribution in [0.2, 0.25) is 0 Å². The third-order valence-corrected chi connectivity index (χ3v) is 4.43. The van der Waals surface area contributed by atoms with Crippen molar-refractivity contribution >= 4 is 22.8 Å². The topological polar surface area (TPSA) is 91.4 Å². The maximum Gasteiger partial charge on any atom is 0.326 e. The molecule has 1 heterocycles. The first kappa shape index (κ1) is 19.2. The van der Waals surface area contributed by atoms with Crippen molar-refractivity contribution in [3.63, 3.8) is 0 Å². The van der Waals surface area contributed by atoms with Gasteiger partial charge in [-0.3, -0.25) is 4.79 Å². The number of aromatic amines is 1. The van der Waals surface area contributed by atoms with Crippen LogP contribution < -0.4 is 10.1 Å². The first-order valence-electron chi connectivity index (χ1n) is 8.97. The van der Waals surface area contributed by atoms with Crippen LogP contribution in [0.25, 0.3) is 10.9 Å². The van der Waals surface area contributed by atoms with Gasteiger partial charge in [0, 0.05) is 23.5 Å². The van der Waals surface area contributed by atoms with Gasteiger partial charge in [-0.2, -0.15) is 0 Å². The highest BCUT2D eigenvalue weighted by Crippen LogP contribution is 2.20. The number of aromatic nitrogens is 1. The number of ether oxygens (including phenoxy) is 1. The number of carboxylic acid groups (broad SMARTS) is 1. The fraction of sp³-hybridized carbons (Fsp3) is 0.182. The average Bonchev–Trinajstić information content (AvgIpc) is 3.10. The van der Waals surface area contributed by atoms with E-state index in [9.17, 15) is 14.7 Å². The van der Waals surface area contributed by atoms with Crippen molar-refractivity contribution in [2.24, 2.45) is 0 Å². The fourth-order valence-electron chi connectivity index (χ4n) is 3.07. The number of benzene rings is 2. The summed E-state index contributed by atoms with van der Waals surface area (Å²) in [5, 5.41) is 13.0. The van der Waals surface area contributed by atoms with Crippen LogP contribution in [-0.4, -0.2) is 34.6 Å². The Kier molecular flexibility index (Phi) is 6.11. The van der Waals surface area contributed by atoms with Crippen molar-refractivity contribution in [2.45, 2.75) is 18.9 Å². The fourth-order valence-corrected chi connectivity index (χ4v) is 3.07. The van der Waals surface area contributed by atoms with E-state index in [0.717, 1.165) is 22.0 Å². The van der Waals surface area contributed by atoms with Crippen molar-refractivity contribution < 1.29 is 19.4 Å². The predicted octanol–water partition coefficient (Wildman–Crippen LogP) is 3.09. The molecule has 1 atom stereocenters. The third kappa shape index (κ3) is 4.59. The Labute approximate surface area is 162 Å². The number of para-hydroxylation sites is 2. The number of aliphatic carboxylic acids is 1. The van der Waals surface area contributed by atoms with Crippen LogP contribution in [-0.2, 0) is 22.4 Å². The van der Waals surface area contributed by atoms with Gasteiger partial charge in [0.05, 0.1) is 0 Å². The summed E-state index contributed by atoms with van der Waals surface area (Å²) in [7, 11) is 0. The van der Waals surface area contributed by atoms with Crippen LogP contribution in [0.15, 0.2) is 67.4 Å². The predicted molar refractivity (Wildman–Crippen MR) is 107 cm³/mol. The molecule has 0 bridgehead atoms. The van der Waals surface area contributed by atoms with Gasteiger partial charge in [0.15, 0.2) is 6.61 Å². The molecule has 2 aromatic carbocycles. The zero-order valence-electron chi connectivity index (χ0n) is 15.4. The summed E-state index contributed by atoms with van der Waals surface area (Å²) in [4.78, 5) is 27.0. The lowest BCUT2D eigenvalue weighted by atomic mass is 10.1. The van der Waals surface area contributed by atoms with Gasteiger partial charge in [0.2, 0.25) is 0 Å². The minimum Gasteiger partial charge on any atom is -0.483 e. The zero-order valence-corrected chi connectivity index (χ0v) is 15.4. The van der Waals surface area contributed by atoms with Crippen molar-refractivity contribution in [2.75, 3.05) is 6.61 Å². The Morgan fingerprint density at radius 1 is 1.14 bits per heavy atom. The Hall–Kier alpha value is -3.54. The number of carbonyl (C=O) groups excluding carboxylic acids is 1. The van der Waals surface area contributed by atoms with Crippen molar-refractivity contribution in [3.8, 4) is 5.75 Å². The summed E-state index contributed by atoms with van der Waals surface area (Å²) in [6.07, 6.45) is 4.33. The van der Waals surface area contributed by atoms with Gasteiger partial charge < -0.3 is 20.1 Å². The first-order chi connectivity index (χ1) is 13.6. The van der Waals surface area contributed by atoms with Gasteiger partial charge in [0.1, 0.15) is 11.8 Å². The number of rotatable bonds is 9. The molecular formula is C22H22N2O4. The Morgan fingerprint density at radius 3 is 2.68 bits per heavy atom. The van der Waals surface area contributed by atoms with Gasteiger partial charge in [-0.25, -0.2) is 4.79 Å². The summed E-state index contributed by atoms with van der Waals surface area (Å²) >= 11 is 0. The Bertz CT molecular complexity index is 993. The molecule has 3 N–H and O–H groups in total. The van der Waals surface area contributed by atoms with Crippen LogP contribution in [0.5, 0.6) is 5.75 Å². The summed E-state index contributed by atoms with van der Waals surface area (Å²) in [6, 6.07) is 14.0. The van der Waals surface area contributed by atoms with E-state index in [1.54, 1.807) is 18.3 Å². The van der Waals surface area contributed by atoms with Crippen LogP contribution in [0, 0.1) is 0 Å². The number of hydrogen-bond donors (Lipinski definition) is 3. The Morgan fingerprint density at radius 2 is 1.89 bits per heavy atom. The van der Waals surface area contributed by atoms with Gasteiger partial charge in [-0.15, -0.1) is 6.58 Å². The van der Waals surface area contributed by atoms with Crippen LogP contribution in [0.3, 0.4) is 0 Å². The smallest absolute Gasteiger partial charge is 0.326 e. The van der Waals surface area contributed by atoms with Crippen molar-refractivity contribution in [3.05, 3.63) is 78.5 Å². The molecule has 0 aliphatic heterocycles. The van der Waals surface area contributed by atoms with Crippen LogP contribution in [0.1, 0.15) is 11.1 Å². The standard InChI is InChI=1S/C22H22N2O4/c1-2-7-15-8-3-6-11-20(15)28-14-21(25)24-19(22(26)27)12-16-13-23-18-10-5-4-9-17(16)18/h2-6,8-11,13,19,23H,1,7,12,14H2,(H,24,25)(H,26,27). The summed E-state index contributed by atoms with van der Waals surface area (Å²) in [5.74, 6) is -0.993. The highest BCUT2D eigenvalue weighted by molar-refractivity contribution is 5.87. The molecule has 0 radical (unpaired) electrons. The van der Waals surface area contributed by atoms with E-state index in [1.165, 1.54) is 0 Å². The molecule has 3 aromatic rings. The quantitative estimate of drug-likeness (QED) is 0.499. The molecule has 28 heavy (non-hydrogen) atoms. The number of allylic oxidation sites excluding steroid dienone is 1. The lowest BCUT2D eigenvalue weighted by molar-refractivity contribution is -0.142. The second kappa shape index (κ2) is 8.90. The van der Waals surface area contributed by atoms with E-state index in [-0.39, 0.29) is 13.0 Å². The number of nitrogens with one attached hydrogen (secondary N) is 2. The van der Waals surface area contributed by atoms with E-state index in [2.05, 4.69) is 16.9 Å². The summed E-state index contributed by atoms with van der Waals surface area (Å²) < 4.78 is 5.58. The van der Waals surface area contributed by atoms with Gasteiger partial charge in [0.25, 0.3) is 5.91 Å². The molecule has 6 heteroatoms. The normalized spacial score (nSPS) is 11.7. The summed E-state index contributed by atoms with van der Waals surface area (Å²) in [6.45, 7) is 3.45. The molecule has 0 aliphatic rings. The van der Waals surface area contributed by atoms with Crippen LogP contribution in [0.4, 0.5) is 0 Å². The number of fused-ring (bicyclic) bond motifs is 1. The van der Waals surface area contributed by atoms with E-state index in [4.69, 9.17) is 4.74 Å².